The van der Waals surface area contributed by atoms with Crippen LogP contribution in [0.4, 0.5) is 0 Å². The molecular formula is C19H23NO5S. The molecule has 4 aliphatic rings. The summed E-state index contributed by atoms with van der Waals surface area (Å²) in [5.74, 6) is 1.77. The van der Waals surface area contributed by atoms with E-state index in [-0.39, 0.29) is 17.4 Å². The molecule has 6 nitrogen and oxygen atoms in total. The Labute approximate surface area is 153 Å². The number of hydrogen-bond acceptors (Lipinski definition) is 6. The minimum absolute atomic E-state index is 0.251. The molecule has 5 atom stereocenters. The van der Waals surface area contributed by atoms with Gasteiger partial charge in [0.2, 0.25) is 0 Å². The number of likely N-dealkylation sites (tertiary alicyclic amines) is 1. The Kier molecular flexibility index (Phi) is 3.34. The highest BCUT2D eigenvalue weighted by Crippen LogP contribution is 2.62. The summed E-state index contributed by atoms with van der Waals surface area (Å²) in [7, 11) is 0.223. The highest BCUT2D eigenvalue weighted by atomic mass is 32.2. The molecule has 0 saturated carbocycles. The van der Waals surface area contributed by atoms with E-state index in [4.69, 9.17) is 13.7 Å². The molecule has 1 aromatic carbocycles. The molecule has 0 aromatic heterocycles. The molecule has 0 radical (unpaired) electrons. The molecule has 1 fully saturated rings. The molecule has 1 aromatic rings. The zero-order valence-corrected chi connectivity index (χ0v) is 16.0. The molecule has 5 rings (SSSR count). The molecule has 2 heterocycles. The summed E-state index contributed by atoms with van der Waals surface area (Å²) in [6.45, 7) is 0.955. The third-order valence-electron chi connectivity index (χ3n) is 6.62. The molecule has 2 aliphatic carbocycles. The maximum atomic E-state index is 11.8. The van der Waals surface area contributed by atoms with E-state index in [0.29, 0.717) is 11.8 Å². The Hall–Kier alpha value is -1.57. The predicted octanol–water partition coefficient (Wildman–Crippen LogP) is 1.49. The molecular weight excluding hydrogens is 354 g/mol. The lowest BCUT2D eigenvalue weighted by atomic mass is 9.53. The largest absolute Gasteiger partial charge is 0.493 e. The van der Waals surface area contributed by atoms with Crippen molar-refractivity contribution in [3.8, 4) is 11.5 Å². The number of piperidine rings is 1. The Morgan fingerprint density at radius 3 is 2.85 bits per heavy atom. The first kappa shape index (κ1) is 16.6. The van der Waals surface area contributed by atoms with Crippen LogP contribution in [-0.4, -0.2) is 58.5 Å². The number of methoxy groups -OCH3 is 1. The second kappa shape index (κ2) is 5.24. The monoisotopic (exact) mass is 377 g/mol. The van der Waals surface area contributed by atoms with Crippen molar-refractivity contribution in [3.63, 3.8) is 0 Å². The Bertz CT molecular complexity index is 911. The van der Waals surface area contributed by atoms with Crippen molar-refractivity contribution < 1.29 is 22.1 Å². The van der Waals surface area contributed by atoms with Gasteiger partial charge in [0.1, 0.15) is 12.2 Å². The van der Waals surface area contributed by atoms with Crippen LogP contribution in [0.3, 0.4) is 0 Å². The van der Waals surface area contributed by atoms with E-state index in [1.807, 2.05) is 12.1 Å². The fourth-order valence-corrected chi connectivity index (χ4v) is 6.22. The average Bonchev–Trinajstić information content (AvgIpc) is 2.93. The molecule has 2 aliphatic heterocycles. The summed E-state index contributed by atoms with van der Waals surface area (Å²) < 4.78 is 41.0. The number of hydrogen-bond donors (Lipinski definition) is 0. The highest BCUT2D eigenvalue weighted by molar-refractivity contribution is 7.86. The van der Waals surface area contributed by atoms with Crippen LogP contribution >= 0.6 is 0 Å². The first-order valence-corrected chi connectivity index (χ1v) is 10.8. The van der Waals surface area contributed by atoms with Crippen LogP contribution in [0.2, 0.25) is 0 Å². The standard InChI is InChI=1S/C19H23NO5S/c1-20-9-8-19-12-5-7-15(25-26(3,21)22)18(19)24-17-14(23-2)6-4-11(16(17)19)10-13(12)20/h4-7,12-13,15,18H,8-10H2,1-3H3/t12-,13-,15+,18-,19+/m1/s1. The van der Waals surface area contributed by atoms with E-state index >= 15 is 0 Å². The maximum absolute atomic E-state index is 11.8. The van der Waals surface area contributed by atoms with Crippen molar-refractivity contribution in [1.29, 1.82) is 0 Å². The average molecular weight is 377 g/mol. The van der Waals surface area contributed by atoms with Crippen molar-refractivity contribution in [1.82, 2.24) is 4.90 Å². The summed E-state index contributed by atoms with van der Waals surface area (Å²) in [4.78, 5) is 2.42. The number of benzene rings is 1. The first-order chi connectivity index (χ1) is 12.3. The Balaban J connectivity index is 1.73. The van der Waals surface area contributed by atoms with Crippen LogP contribution in [0.25, 0.3) is 0 Å². The third-order valence-corrected chi connectivity index (χ3v) is 7.19. The van der Waals surface area contributed by atoms with Crippen LogP contribution in [-0.2, 0) is 26.1 Å². The lowest BCUT2D eigenvalue weighted by Gasteiger charge is -2.56. The van der Waals surface area contributed by atoms with Gasteiger partial charge in [0, 0.05) is 22.9 Å². The number of nitrogens with zero attached hydrogens (tertiary/aromatic N) is 1. The van der Waals surface area contributed by atoms with E-state index < -0.39 is 16.2 Å². The lowest BCUT2D eigenvalue weighted by Crippen LogP contribution is -2.65. The fourth-order valence-electron chi connectivity index (χ4n) is 5.65. The van der Waals surface area contributed by atoms with Crippen molar-refractivity contribution in [3.05, 3.63) is 35.4 Å². The van der Waals surface area contributed by atoms with Gasteiger partial charge >= 0.3 is 0 Å². The van der Waals surface area contributed by atoms with Crippen LogP contribution in [0.5, 0.6) is 11.5 Å². The lowest BCUT2D eigenvalue weighted by molar-refractivity contribution is -0.0365. The summed E-state index contributed by atoms with van der Waals surface area (Å²) in [5.41, 5.74) is 2.24. The maximum Gasteiger partial charge on any atom is 0.265 e. The van der Waals surface area contributed by atoms with E-state index in [1.54, 1.807) is 7.11 Å². The SMILES string of the molecule is COc1ccc2c3c1O[C@@H]1[C@@H](OS(C)(=O)=O)C=C[C@@H]4[C@@H](C2)N(C)CC[C@@]341. The first-order valence-electron chi connectivity index (χ1n) is 8.99. The van der Waals surface area contributed by atoms with Crippen molar-refractivity contribution in [2.24, 2.45) is 5.92 Å². The molecule has 7 heteroatoms. The molecule has 140 valence electrons. The van der Waals surface area contributed by atoms with Gasteiger partial charge in [-0.25, -0.2) is 0 Å². The molecule has 1 spiro atoms. The third kappa shape index (κ3) is 2.02. The summed E-state index contributed by atoms with van der Waals surface area (Å²) in [6.07, 6.45) is 6.04. The zero-order valence-electron chi connectivity index (χ0n) is 15.1. The quantitative estimate of drug-likeness (QED) is 0.587. The highest BCUT2D eigenvalue weighted by Gasteiger charge is 2.65. The minimum atomic E-state index is -3.59. The molecule has 0 amide bonds. The molecule has 1 saturated heterocycles. The summed E-state index contributed by atoms with van der Waals surface area (Å²) >= 11 is 0. The van der Waals surface area contributed by atoms with Crippen LogP contribution in [0.1, 0.15) is 17.5 Å². The van der Waals surface area contributed by atoms with Gasteiger partial charge < -0.3 is 14.4 Å². The number of likely N-dealkylation sites (N-methyl/N-ethyl adjacent to an activating group) is 1. The van der Waals surface area contributed by atoms with Gasteiger partial charge in [-0.1, -0.05) is 18.2 Å². The Morgan fingerprint density at radius 1 is 1.31 bits per heavy atom. The second-order valence-electron chi connectivity index (χ2n) is 7.89. The Morgan fingerprint density at radius 2 is 2.12 bits per heavy atom. The summed E-state index contributed by atoms with van der Waals surface area (Å²) in [6, 6.07) is 4.48. The molecule has 26 heavy (non-hydrogen) atoms. The van der Waals surface area contributed by atoms with Crippen molar-refractivity contribution in [2.75, 3.05) is 27.0 Å². The van der Waals surface area contributed by atoms with Crippen LogP contribution < -0.4 is 9.47 Å². The van der Waals surface area contributed by atoms with Gasteiger partial charge in [0.05, 0.1) is 13.4 Å². The number of rotatable bonds is 3. The van der Waals surface area contributed by atoms with Gasteiger partial charge in [0.25, 0.3) is 10.1 Å². The van der Waals surface area contributed by atoms with Gasteiger partial charge in [-0.15, -0.1) is 0 Å². The van der Waals surface area contributed by atoms with Crippen molar-refractivity contribution >= 4 is 10.1 Å². The minimum Gasteiger partial charge on any atom is -0.493 e. The van der Waals surface area contributed by atoms with Gasteiger partial charge in [-0.05, 0) is 38.1 Å². The normalized spacial score (nSPS) is 37.2. The van der Waals surface area contributed by atoms with Gasteiger partial charge in [-0.2, -0.15) is 8.42 Å². The fraction of sp³-hybridized carbons (Fsp3) is 0.579. The van der Waals surface area contributed by atoms with E-state index in [2.05, 4.69) is 24.1 Å². The molecule has 2 bridgehead atoms. The van der Waals surface area contributed by atoms with Crippen LogP contribution in [0, 0.1) is 5.92 Å². The topological polar surface area (TPSA) is 65.1 Å². The van der Waals surface area contributed by atoms with E-state index in [1.165, 1.54) is 11.1 Å². The van der Waals surface area contributed by atoms with Gasteiger partial charge in [-0.3, -0.25) is 4.18 Å². The molecule has 0 N–H and O–H groups in total. The molecule has 0 unspecified atom stereocenters. The smallest absolute Gasteiger partial charge is 0.265 e. The van der Waals surface area contributed by atoms with Crippen LogP contribution in [0.15, 0.2) is 24.3 Å². The van der Waals surface area contributed by atoms with Crippen molar-refractivity contribution in [2.45, 2.75) is 36.5 Å². The van der Waals surface area contributed by atoms with Gasteiger partial charge in [0.15, 0.2) is 11.5 Å². The summed E-state index contributed by atoms with van der Waals surface area (Å²) in [5, 5.41) is 0. The predicted molar refractivity (Wildman–Crippen MR) is 96.2 cm³/mol. The van der Waals surface area contributed by atoms with E-state index in [0.717, 1.165) is 31.4 Å². The second-order valence-corrected chi connectivity index (χ2v) is 9.49. The van der Waals surface area contributed by atoms with E-state index in [9.17, 15) is 8.42 Å². The number of ether oxygens (including phenoxy) is 2. The zero-order chi connectivity index (χ0) is 18.3.